The molecule has 9 heteroatoms. The molecule has 0 bridgehead atoms. The Hall–Kier alpha value is -4.24. The van der Waals surface area contributed by atoms with Gasteiger partial charge in [-0.05, 0) is 42.8 Å². The summed E-state index contributed by atoms with van der Waals surface area (Å²) in [4.78, 5) is 22.8. The lowest BCUT2D eigenvalue weighted by Gasteiger charge is -2.19. The van der Waals surface area contributed by atoms with Gasteiger partial charge in [0.2, 0.25) is 5.95 Å². The number of aliphatic hydroxyl groups is 1. The Balaban J connectivity index is 1.64. The van der Waals surface area contributed by atoms with Crippen molar-refractivity contribution >= 4 is 23.4 Å². The number of carbonyl (C=O) groups is 1. The van der Waals surface area contributed by atoms with Crippen LogP contribution in [0.5, 0.6) is 0 Å². The Kier molecular flexibility index (Phi) is 6.84. The number of benzene rings is 2. The Morgan fingerprint density at radius 1 is 1.12 bits per heavy atom. The second kappa shape index (κ2) is 10.1. The standard InChI is InChI=1S/C25H27N7O2/c1-16-13-21(31-30-16)20-14-26-25(27-19-11-9-18(10-12-19)24(34)32(2)3)29-23(20)28-22(15-33)17-7-5-4-6-8-17/h4-14,22,33H,15H2,1-3H3,(H,30,31)(H2,26,27,28,29)/t22-/m1/s1. The average molecular weight is 458 g/mol. The minimum atomic E-state index is -0.362. The van der Waals surface area contributed by atoms with Gasteiger partial charge in [0.1, 0.15) is 5.82 Å². The quantitative estimate of drug-likeness (QED) is 0.318. The molecule has 0 saturated carbocycles. The van der Waals surface area contributed by atoms with E-state index in [0.29, 0.717) is 28.6 Å². The van der Waals surface area contributed by atoms with Crippen LogP contribution in [0.2, 0.25) is 0 Å². The number of aromatic nitrogens is 4. The highest BCUT2D eigenvalue weighted by atomic mass is 16.3. The topological polar surface area (TPSA) is 119 Å². The average Bonchev–Trinajstić information content (AvgIpc) is 3.29. The first-order chi connectivity index (χ1) is 16.4. The van der Waals surface area contributed by atoms with E-state index >= 15 is 0 Å². The van der Waals surface area contributed by atoms with Gasteiger partial charge in [-0.1, -0.05) is 30.3 Å². The minimum absolute atomic E-state index is 0.0658. The van der Waals surface area contributed by atoms with Gasteiger partial charge in [-0.2, -0.15) is 10.1 Å². The molecule has 0 fully saturated rings. The molecule has 2 heterocycles. The first-order valence-corrected chi connectivity index (χ1v) is 10.8. The summed E-state index contributed by atoms with van der Waals surface area (Å²) in [5.74, 6) is 0.838. The highest BCUT2D eigenvalue weighted by molar-refractivity contribution is 5.94. The number of rotatable bonds is 8. The second-order valence-electron chi connectivity index (χ2n) is 8.08. The predicted octanol–water partition coefficient (Wildman–Crippen LogP) is 3.77. The fourth-order valence-corrected chi connectivity index (χ4v) is 3.46. The van der Waals surface area contributed by atoms with Crippen molar-refractivity contribution in [3.8, 4) is 11.3 Å². The van der Waals surface area contributed by atoms with Crippen molar-refractivity contribution in [2.75, 3.05) is 31.3 Å². The van der Waals surface area contributed by atoms with Crippen LogP contribution in [0.4, 0.5) is 17.5 Å². The largest absolute Gasteiger partial charge is 0.394 e. The van der Waals surface area contributed by atoms with E-state index in [1.54, 1.807) is 44.6 Å². The summed E-state index contributed by atoms with van der Waals surface area (Å²) in [6.45, 7) is 1.81. The van der Waals surface area contributed by atoms with Crippen LogP contribution < -0.4 is 10.6 Å². The van der Waals surface area contributed by atoms with Gasteiger partial charge in [-0.15, -0.1) is 0 Å². The Bertz CT molecular complexity index is 1250. The molecule has 0 aliphatic heterocycles. The van der Waals surface area contributed by atoms with E-state index in [1.807, 2.05) is 43.3 Å². The second-order valence-corrected chi connectivity index (χ2v) is 8.08. The van der Waals surface area contributed by atoms with Gasteiger partial charge in [0.05, 0.1) is 23.9 Å². The molecular formula is C25H27N7O2. The number of nitrogens with zero attached hydrogens (tertiary/aromatic N) is 4. The van der Waals surface area contributed by atoms with E-state index in [-0.39, 0.29) is 18.6 Å². The number of hydrogen-bond donors (Lipinski definition) is 4. The van der Waals surface area contributed by atoms with Gasteiger partial charge in [0.15, 0.2) is 0 Å². The van der Waals surface area contributed by atoms with Gasteiger partial charge in [0, 0.05) is 37.2 Å². The maximum absolute atomic E-state index is 12.1. The van der Waals surface area contributed by atoms with Crippen molar-refractivity contribution in [2.45, 2.75) is 13.0 Å². The third kappa shape index (κ3) is 5.21. The zero-order valence-corrected chi connectivity index (χ0v) is 19.3. The molecule has 4 aromatic rings. The summed E-state index contributed by atoms with van der Waals surface area (Å²) < 4.78 is 0. The third-order valence-electron chi connectivity index (χ3n) is 5.26. The van der Waals surface area contributed by atoms with Crippen LogP contribution in [0.25, 0.3) is 11.3 Å². The Morgan fingerprint density at radius 2 is 1.85 bits per heavy atom. The van der Waals surface area contributed by atoms with Crippen LogP contribution in [-0.4, -0.2) is 56.8 Å². The minimum Gasteiger partial charge on any atom is -0.394 e. The number of H-pyrrole nitrogens is 1. The van der Waals surface area contributed by atoms with Gasteiger partial charge in [-0.25, -0.2) is 4.98 Å². The van der Waals surface area contributed by atoms with E-state index < -0.39 is 0 Å². The summed E-state index contributed by atoms with van der Waals surface area (Å²) >= 11 is 0. The lowest BCUT2D eigenvalue weighted by molar-refractivity contribution is 0.0827. The molecule has 2 aromatic heterocycles. The van der Waals surface area contributed by atoms with Crippen molar-refractivity contribution in [1.29, 1.82) is 0 Å². The normalized spacial score (nSPS) is 11.6. The van der Waals surface area contributed by atoms with Gasteiger partial charge < -0.3 is 20.6 Å². The van der Waals surface area contributed by atoms with Crippen molar-refractivity contribution < 1.29 is 9.90 Å². The first kappa shape index (κ1) is 22.9. The van der Waals surface area contributed by atoms with Crippen LogP contribution in [0.1, 0.15) is 27.7 Å². The number of aryl methyl sites for hydroxylation is 1. The molecule has 1 amide bonds. The Labute approximate surface area is 197 Å². The van der Waals surface area contributed by atoms with E-state index in [1.165, 1.54) is 4.90 Å². The molecule has 174 valence electrons. The summed E-state index contributed by atoms with van der Waals surface area (Å²) in [7, 11) is 3.43. The molecule has 0 saturated heterocycles. The molecule has 0 spiro atoms. The summed E-state index contributed by atoms with van der Waals surface area (Å²) in [5, 5.41) is 23.8. The number of hydrogen-bond acceptors (Lipinski definition) is 7. The molecule has 34 heavy (non-hydrogen) atoms. The number of amides is 1. The van der Waals surface area contributed by atoms with Crippen LogP contribution >= 0.6 is 0 Å². The number of anilines is 3. The van der Waals surface area contributed by atoms with Gasteiger partial charge in [-0.3, -0.25) is 9.89 Å². The van der Waals surface area contributed by atoms with Crippen molar-refractivity contribution in [1.82, 2.24) is 25.1 Å². The first-order valence-electron chi connectivity index (χ1n) is 10.8. The number of aromatic amines is 1. The number of carbonyl (C=O) groups excluding carboxylic acids is 1. The van der Waals surface area contributed by atoms with Crippen LogP contribution in [0.3, 0.4) is 0 Å². The monoisotopic (exact) mass is 457 g/mol. The van der Waals surface area contributed by atoms with Gasteiger partial charge in [0.25, 0.3) is 5.91 Å². The lowest BCUT2D eigenvalue weighted by atomic mass is 10.1. The van der Waals surface area contributed by atoms with E-state index in [0.717, 1.165) is 16.9 Å². The summed E-state index contributed by atoms with van der Waals surface area (Å²) in [6, 6.07) is 18.3. The lowest BCUT2D eigenvalue weighted by Crippen LogP contribution is -2.21. The van der Waals surface area contributed by atoms with Crippen molar-refractivity contribution in [3.05, 3.63) is 83.7 Å². The van der Waals surface area contributed by atoms with E-state index in [2.05, 4.69) is 30.8 Å². The smallest absolute Gasteiger partial charge is 0.253 e. The maximum atomic E-state index is 12.1. The zero-order valence-electron chi connectivity index (χ0n) is 19.3. The van der Waals surface area contributed by atoms with Crippen LogP contribution in [-0.2, 0) is 0 Å². The fourth-order valence-electron chi connectivity index (χ4n) is 3.46. The molecule has 0 unspecified atom stereocenters. The summed E-state index contributed by atoms with van der Waals surface area (Å²) in [6.07, 6.45) is 1.69. The van der Waals surface area contributed by atoms with Crippen molar-refractivity contribution in [3.63, 3.8) is 0 Å². The SMILES string of the molecule is Cc1cc(-c2cnc(Nc3ccc(C(=O)N(C)C)cc3)nc2N[C@H](CO)c2ccccc2)n[nH]1. The molecule has 0 radical (unpaired) electrons. The van der Waals surface area contributed by atoms with Gasteiger partial charge >= 0.3 is 0 Å². The van der Waals surface area contributed by atoms with Crippen molar-refractivity contribution in [2.24, 2.45) is 0 Å². The highest BCUT2D eigenvalue weighted by Gasteiger charge is 2.17. The molecule has 0 aliphatic carbocycles. The number of aliphatic hydroxyl groups excluding tert-OH is 1. The fraction of sp³-hybridized carbons (Fsp3) is 0.200. The third-order valence-corrected chi connectivity index (χ3v) is 5.26. The highest BCUT2D eigenvalue weighted by Crippen LogP contribution is 2.29. The zero-order chi connectivity index (χ0) is 24.1. The van der Waals surface area contributed by atoms with E-state index in [4.69, 9.17) is 0 Å². The van der Waals surface area contributed by atoms with E-state index in [9.17, 15) is 9.90 Å². The molecule has 4 N–H and O–H groups in total. The number of nitrogens with one attached hydrogen (secondary N) is 3. The Morgan fingerprint density at radius 3 is 2.47 bits per heavy atom. The molecular weight excluding hydrogens is 430 g/mol. The summed E-state index contributed by atoms with van der Waals surface area (Å²) in [5.41, 5.74) is 4.59. The molecule has 2 aromatic carbocycles. The maximum Gasteiger partial charge on any atom is 0.253 e. The predicted molar refractivity (Wildman–Crippen MR) is 132 cm³/mol. The van der Waals surface area contributed by atoms with Crippen LogP contribution in [0.15, 0.2) is 66.9 Å². The molecule has 9 nitrogen and oxygen atoms in total. The molecule has 0 aliphatic rings. The molecule has 1 atom stereocenters. The molecule has 4 rings (SSSR count). The van der Waals surface area contributed by atoms with Crippen LogP contribution in [0, 0.1) is 6.92 Å².